The Kier molecular flexibility index (Phi) is 5.94. The molecule has 0 aliphatic heterocycles. The van der Waals surface area contributed by atoms with Crippen molar-refractivity contribution in [3.05, 3.63) is 83.9 Å². The van der Waals surface area contributed by atoms with Crippen LogP contribution in [-0.4, -0.2) is 22.7 Å². The lowest BCUT2D eigenvalue weighted by atomic mass is 10.2. The van der Waals surface area contributed by atoms with Gasteiger partial charge in [0.15, 0.2) is 0 Å². The second kappa shape index (κ2) is 8.75. The van der Waals surface area contributed by atoms with Gasteiger partial charge < -0.3 is 16.0 Å². The molecule has 0 aliphatic rings. The summed E-state index contributed by atoms with van der Waals surface area (Å²) in [5.41, 5.74) is 1.52. The van der Waals surface area contributed by atoms with Gasteiger partial charge >= 0.3 is 0 Å². The van der Waals surface area contributed by atoms with Crippen LogP contribution < -0.4 is 16.0 Å². The molecule has 0 spiro atoms. The highest BCUT2D eigenvalue weighted by molar-refractivity contribution is 6.08. The van der Waals surface area contributed by atoms with Crippen molar-refractivity contribution < 1.29 is 18.8 Å². The summed E-state index contributed by atoms with van der Waals surface area (Å²) in [5, 5.41) is 7.85. The molecule has 8 heteroatoms. The summed E-state index contributed by atoms with van der Waals surface area (Å²) in [7, 11) is 0. The third-order valence-electron chi connectivity index (χ3n) is 3.78. The Morgan fingerprint density at radius 2 is 1.41 bits per heavy atom. The number of hydrogen-bond donors (Lipinski definition) is 3. The maximum Gasteiger partial charge on any atom is 0.274 e. The van der Waals surface area contributed by atoms with Crippen LogP contribution >= 0.6 is 0 Å². The fourth-order valence-electron chi connectivity index (χ4n) is 2.54. The van der Waals surface area contributed by atoms with Crippen molar-refractivity contribution in [2.45, 2.75) is 6.92 Å². The third-order valence-corrected chi connectivity index (χ3v) is 3.78. The molecule has 3 amide bonds. The number of nitrogens with zero attached hydrogens (tertiary/aromatic N) is 1. The number of anilines is 3. The van der Waals surface area contributed by atoms with Gasteiger partial charge in [-0.15, -0.1) is 0 Å². The Labute approximate surface area is 166 Å². The SMILES string of the molecule is CC(=O)Nc1cccc(NC(=O)c2ccnc(C(=O)Nc3cccc(F)c3)c2)c1. The first kappa shape index (κ1) is 19.7. The molecule has 0 fully saturated rings. The predicted octanol–water partition coefficient (Wildman–Crippen LogP) is 3.68. The number of nitrogens with one attached hydrogen (secondary N) is 3. The molecule has 1 heterocycles. The lowest BCUT2D eigenvalue weighted by Crippen LogP contribution is -2.17. The van der Waals surface area contributed by atoms with Gasteiger partial charge in [0.25, 0.3) is 11.8 Å². The Balaban J connectivity index is 1.72. The standard InChI is InChI=1S/C21H17FN4O3/c1-13(27)24-17-6-3-7-18(12-17)25-20(28)14-8-9-23-19(10-14)21(29)26-16-5-2-4-15(22)11-16/h2-12H,1H3,(H,24,27)(H,25,28)(H,26,29). The highest BCUT2D eigenvalue weighted by Gasteiger charge is 2.13. The van der Waals surface area contributed by atoms with E-state index in [0.29, 0.717) is 11.4 Å². The van der Waals surface area contributed by atoms with Crippen molar-refractivity contribution in [2.75, 3.05) is 16.0 Å². The van der Waals surface area contributed by atoms with Gasteiger partial charge in [-0.05, 0) is 48.5 Å². The summed E-state index contributed by atoms with van der Waals surface area (Å²) in [6.45, 7) is 1.39. The van der Waals surface area contributed by atoms with Gasteiger partial charge in [-0.25, -0.2) is 4.39 Å². The number of aromatic nitrogens is 1. The molecular formula is C21H17FN4O3. The van der Waals surface area contributed by atoms with Gasteiger partial charge in [0.2, 0.25) is 5.91 Å². The normalized spacial score (nSPS) is 10.1. The van der Waals surface area contributed by atoms with Gasteiger partial charge in [-0.3, -0.25) is 19.4 Å². The van der Waals surface area contributed by atoms with Gasteiger partial charge in [0, 0.05) is 35.7 Å². The van der Waals surface area contributed by atoms with E-state index in [1.807, 2.05) is 0 Å². The second-order valence-corrected chi connectivity index (χ2v) is 6.11. The van der Waals surface area contributed by atoms with Gasteiger partial charge in [-0.1, -0.05) is 12.1 Å². The molecule has 3 rings (SSSR count). The maximum atomic E-state index is 13.3. The van der Waals surface area contributed by atoms with Crippen LogP contribution in [-0.2, 0) is 4.79 Å². The van der Waals surface area contributed by atoms with E-state index in [4.69, 9.17) is 0 Å². The number of halogens is 1. The first-order valence-corrected chi connectivity index (χ1v) is 8.63. The molecule has 3 N–H and O–H groups in total. The molecule has 29 heavy (non-hydrogen) atoms. The number of amides is 3. The fraction of sp³-hybridized carbons (Fsp3) is 0.0476. The lowest BCUT2D eigenvalue weighted by molar-refractivity contribution is -0.114. The quantitative estimate of drug-likeness (QED) is 0.617. The smallest absolute Gasteiger partial charge is 0.274 e. The van der Waals surface area contributed by atoms with Crippen LogP contribution in [0.3, 0.4) is 0 Å². The Bertz CT molecular complexity index is 1080. The number of benzene rings is 2. The third kappa shape index (κ3) is 5.46. The van der Waals surface area contributed by atoms with E-state index in [0.717, 1.165) is 0 Å². The Hall–Kier alpha value is -4.07. The van der Waals surface area contributed by atoms with Crippen LogP contribution in [0.25, 0.3) is 0 Å². The van der Waals surface area contributed by atoms with E-state index in [1.165, 1.54) is 43.5 Å². The first-order chi connectivity index (χ1) is 13.9. The number of rotatable bonds is 5. The van der Waals surface area contributed by atoms with E-state index in [-0.39, 0.29) is 22.9 Å². The Morgan fingerprint density at radius 3 is 2.10 bits per heavy atom. The van der Waals surface area contributed by atoms with E-state index in [1.54, 1.807) is 30.3 Å². The monoisotopic (exact) mass is 392 g/mol. The molecule has 1 aromatic heterocycles. The minimum absolute atomic E-state index is 0.00825. The topological polar surface area (TPSA) is 100 Å². The molecular weight excluding hydrogens is 375 g/mol. The summed E-state index contributed by atoms with van der Waals surface area (Å²) in [4.78, 5) is 40.0. The molecule has 0 saturated carbocycles. The Morgan fingerprint density at radius 1 is 0.793 bits per heavy atom. The van der Waals surface area contributed by atoms with E-state index in [9.17, 15) is 18.8 Å². The molecule has 0 aliphatic carbocycles. The summed E-state index contributed by atoms with van der Waals surface area (Å²) < 4.78 is 13.3. The van der Waals surface area contributed by atoms with E-state index < -0.39 is 17.6 Å². The van der Waals surface area contributed by atoms with Crippen LogP contribution in [0, 0.1) is 5.82 Å². The van der Waals surface area contributed by atoms with Crippen LogP contribution in [0.4, 0.5) is 21.5 Å². The zero-order valence-corrected chi connectivity index (χ0v) is 15.4. The number of pyridine rings is 1. The second-order valence-electron chi connectivity index (χ2n) is 6.11. The van der Waals surface area contributed by atoms with Gasteiger partial charge in [0.05, 0.1) is 0 Å². The highest BCUT2D eigenvalue weighted by Crippen LogP contribution is 2.17. The van der Waals surface area contributed by atoms with E-state index in [2.05, 4.69) is 20.9 Å². The average molecular weight is 392 g/mol. The number of hydrogen-bond acceptors (Lipinski definition) is 4. The lowest BCUT2D eigenvalue weighted by Gasteiger charge is -2.09. The van der Waals surface area contributed by atoms with Crippen molar-refractivity contribution in [1.82, 2.24) is 4.98 Å². The zero-order chi connectivity index (χ0) is 20.8. The molecule has 0 atom stereocenters. The molecule has 0 unspecified atom stereocenters. The minimum Gasteiger partial charge on any atom is -0.326 e. The summed E-state index contributed by atoms with van der Waals surface area (Å²) in [6, 6.07) is 14.9. The molecule has 2 aromatic carbocycles. The molecule has 146 valence electrons. The summed E-state index contributed by atoms with van der Waals surface area (Å²) >= 11 is 0. The minimum atomic E-state index is -0.571. The summed E-state index contributed by atoms with van der Waals surface area (Å²) in [6.07, 6.45) is 1.34. The van der Waals surface area contributed by atoms with Crippen molar-refractivity contribution in [3.8, 4) is 0 Å². The van der Waals surface area contributed by atoms with Crippen LogP contribution in [0.5, 0.6) is 0 Å². The fourth-order valence-corrected chi connectivity index (χ4v) is 2.54. The predicted molar refractivity (Wildman–Crippen MR) is 107 cm³/mol. The van der Waals surface area contributed by atoms with Crippen molar-refractivity contribution in [1.29, 1.82) is 0 Å². The maximum absolute atomic E-state index is 13.3. The molecule has 7 nitrogen and oxygen atoms in total. The van der Waals surface area contributed by atoms with Crippen LogP contribution in [0.1, 0.15) is 27.8 Å². The molecule has 3 aromatic rings. The van der Waals surface area contributed by atoms with Crippen LogP contribution in [0.2, 0.25) is 0 Å². The zero-order valence-electron chi connectivity index (χ0n) is 15.4. The van der Waals surface area contributed by atoms with Crippen molar-refractivity contribution in [3.63, 3.8) is 0 Å². The molecule has 0 radical (unpaired) electrons. The van der Waals surface area contributed by atoms with Crippen LogP contribution in [0.15, 0.2) is 66.9 Å². The summed E-state index contributed by atoms with van der Waals surface area (Å²) in [5.74, 6) is -1.73. The molecule has 0 saturated heterocycles. The largest absolute Gasteiger partial charge is 0.326 e. The highest BCUT2D eigenvalue weighted by atomic mass is 19.1. The average Bonchev–Trinajstić information content (AvgIpc) is 2.68. The first-order valence-electron chi connectivity index (χ1n) is 8.63. The van der Waals surface area contributed by atoms with Gasteiger partial charge in [-0.2, -0.15) is 0 Å². The molecule has 0 bridgehead atoms. The number of carbonyl (C=O) groups excluding carboxylic acids is 3. The van der Waals surface area contributed by atoms with Crippen molar-refractivity contribution >= 4 is 34.8 Å². The van der Waals surface area contributed by atoms with Crippen molar-refractivity contribution in [2.24, 2.45) is 0 Å². The van der Waals surface area contributed by atoms with E-state index >= 15 is 0 Å². The number of carbonyl (C=O) groups is 3. The van der Waals surface area contributed by atoms with Gasteiger partial charge in [0.1, 0.15) is 11.5 Å².